The second kappa shape index (κ2) is 7.07. The maximum absolute atomic E-state index is 13.3. The number of hydrogen-bond acceptors (Lipinski definition) is 6. The first-order chi connectivity index (χ1) is 12.7. The summed E-state index contributed by atoms with van der Waals surface area (Å²) in [5.74, 6) is -0.267. The molecule has 27 heavy (non-hydrogen) atoms. The zero-order valence-electron chi connectivity index (χ0n) is 14.9. The summed E-state index contributed by atoms with van der Waals surface area (Å²) in [4.78, 5) is 22.9. The average molecular weight is 390 g/mol. The van der Waals surface area contributed by atoms with Gasteiger partial charge in [-0.25, -0.2) is 27.5 Å². The van der Waals surface area contributed by atoms with E-state index < -0.39 is 21.7 Å². The number of anilines is 1. The maximum Gasteiger partial charge on any atom is 0.285 e. The van der Waals surface area contributed by atoms with Crippen LogP contribution in [0.4, 0.5) is 10.2 Å². The molecule has 2 heterocycles. The van der Waals surface area contributed by atoms with Crippen molar-refractivity contribution in [3.63, 3.8) is 0 Å². The van der Waals surface area contributed by atoms with Crippen molar-refractivity contribution >= 4 is 21.7 Å². The highest BCUT2D eigenvalue weighted by atomic mass is 32.2. The van der Waals surface area contributed by atoms with Gasteiger partial charge in [0.05, 0.1) is 6.20 Å². The van der Waals surface area contributed by atoms with Gasteiger partial charge < -0.3 is 4.90 Å². The quantitative estimate of drug-likeness (QED) is 0.842. The molecule has 1 aromatic heterocycles. The Kier molecular flexibility index (Phi) is 4.97. The summed E-state index contributed by atoms with van der Waals surface area (Å²) < 4.78 is 38.2. The second-order valence-corrected chi connectivity index (χ2v) is 8.07. The van der Waals surface area contributed by atoms with E-state index >= 15 is 0 Å². The van der Waals surface area contributed by atoms with Crippen LogP contribution in [-0.2, 0) is 10.0 Å². The molecule has 1 aliphatic rings. The van der Waals surface area contributed by atoms with Crippen molar-refractivity contribution in [1.29, 1.82) is 0 Å². The number of nitrogens with one attached hydrogen (secondary N) is 1. The molecule has 142 valence electrons. The van der Waals surface area contributed by atoms with Crippen LogP contribution >= 0.6 is 0 Å². The number of carbonyl (C=O) groups is 1. The molecule has 2 aromatic rings. The Labute approximate surface area is 157 Å². The fraction of sp³-hybridized carbons (Fsp3) is 0.278. The molecule has 0 aliphatic carbocycles. The van der Waals surface area contributed by atoms with E-state index in [0.29, 0.717) is 28.4 Å². The van der Waals surface area contributed by atoms with Crippen LogP contribution in [0.1, 0.15) is 24.3 Å². The number of halogens is 1. The highest BCUT2D eigenvalue weighted by molar-refractivity contribution is 7.92. The van der Waals surface area contributed by atoms with Gasteiger partial charge in [0.2, 0.25) is 0 Å². The van der Waals surface area contributed by atoms with E-state index in [4.69, 9.17) is 0 Å². The zero-order chi connectivity index (χ0) is 19.8. The molecule has 1 aliphatic heterocycles. The number of carbonyl (C=O) groups excluding carboxylic acids is 1. The van der Waals surface area contributed by atoms with Crippen molar-refractivity contribution in [3.8, 4) is 11.3 Å². The predicted molar refractivity (Wildman–Crippen MR) is 100.0 cm³/mol. The van der Waals surface area contributed by atoms with Crippen LogP contribution in [0.2, 0.25) is 0 Å². The molecule has 1 fully saturated rings. The topological polar surface area (TPSA) is 92.3 Å². The summed E-state index contributed by atoms with van der Waals surface area (Å²) in [6.07, 6.45) is 1.23. The van der Waals surface area contributed by atoms with Crippen LogP contribution in [0, 0.1) is 11.7 Å². The lowest BCUT2D eigenvalue weighted by Crippen LogP contribution is -2.54. The number of hydrogen-bond donors (Lipinski definition) is 1. The third kappa shape index (κ3) is 3.82. The van der Waals surface area contributed by atoms with Crippen LogP contribution in [0.3, 0.4) is 0 Å². The first-order valence-corrected chi connectivity index (χ1v) is 9.85. The molecule has 0 spiro atoms. The van der Waals surface area contributed by atoms with Crippen LogP contribution < -0.4 is 9.62 Å². The number of aromatic nitrogens is 2. The van der Waals surface area contributed by atoms with E-state index in [0.717, 1.165) is 6.54 Å². The summed E-state index contributed by atoms with van der Waals surface area (Å²) in [5.41, 5.74) is 0.800. The van der Waals surface area contributed by atoms with Gasteiger partial charge in [0, 0.05) is 23.6 Å². The van der Waals surface area contributed by atoms with Crippen molar-refractivity contribution in [1.82, 2.24) is 14.7 Å². The zero-order valence-corrected chi connectivity index (χ0v) is 15.7. The number of amides is 1. The van der Waals surface area contributed by atoms with E-state index in [1.54, 1.807) is 12.1 Å². The lowest BCUT2D eigenvalue weighted by Gasteiger charge is -2.46. The van der Waals surface area contributed by atoms with Gasteiger partial charge in [0.1, 0.15) is 17.2 Å². The smallest absolute Gasteiger partial charge is 0.285 e. The lowest BCUT2D eigenvalue weighted by molar-refractivity contribution is 0.0976. The standard InChI is InChI=1S/C18H19FN4O3S/c1-4-27(25,26)22-18(24)15-9-20-17(23-10-11(2)12(23)3)16(21-15)13-5-7-14(19)8-6-13/h4-9,11-12H,1,10H2,2-3H3,(H,22,24)/t11-,12+/m0/s1. The SMILES string of the molecule is C=CS(=O)(=O)NC(=O)c1cnc(N2C[C@H](C)[C@H]2C)c(-c2ccc(F)cc2)n1. The predicted octanol–water partition coefficient (Wildman–Crippen LogP) is 2.33. The summed E-state index contributed by atoms with van der Waals surface area (Å²) in [6, 6.07) is 5.90. The molecular weight excluding hydrogens is 371 g/mol. The van der Waals surface area contributed by atoms with Gasteiger partial charge >= 0.3 is 0 Å². The highest BCUT2D eigenvalue weighted by Crippen LogP contribution is 2.35. The van der Waals surface area contributed by atoms with Crippen molar-refractivity contribution in [3.05, 3.63) is 54.0 Å². The van der Waals surface area contributed by atoms with Crippen LogP contribution in [0.15, 0.2) is 42.4 Å². The van der Waals surface area contributed by atoms with E-state index in [9.17, 15) is 17.6 Å². The fourth-order valence-electron chi connectivity index (χ4n) is 2.80. The van der Waals surface area contributed by atoms with Gasteiger partial charge in [-0.2, -0.15) is 0 Å². The van der Waals surface area contributed by atoms with E-state index in [1.807, 2.05) is 9.62 Å². The Morgan fingerprint density at radius 3 is 2.56 bits per heavy atom. The van der Waals surface area contributed by atoms with Gasteiger partial charge in [0.15, 0.2) is 5.82 Å². The van der Waals surface area contributed by atoms with Gasteiger partial charge in [-0.05, 0) is 37.1 Å². The highest BCUT2D eigenvalue weighted by Gasteiger charge is 2.35. The van der Waals surface area contributed by atoms with Gasteiger partial charge in [-0.3, -0.25) is 4.79 Å². The summed E-state index contributed by atoms with van der Waals surface area (Å²) in [7, 11) is -3.95. The largest absolute Gasteiger partial charge is 0.351 e. The van der Waals surface area contributed by atoms with Gasteiger partial charge in [0.25, 0.3) is 15.9 Å². The first kappa shape index (κ1) is 19.0. The maximum atomic E-state index is 13.3. The third-order valence-electron chi connectivity index (χ3n) is 4.63. The van der Waals surface area contributed by atoms with Gasteiger partial charge in [-0.1, -0.05) is 13.5 Å². The molecule has 1 N–H and O–H groups in total. The molecule has 2 atom stereocenters. The van der Waals surface area contributed by atoms with E-state index in [-0.39, 0.29) is 11.7 Å². The molecule has 0 bridgehead atoms. The molecule has 0 saturated carbocycles. The Bertz CT molecular complexity index is 992. The van der Waals surface area contributed by atoms with Crippen LogP contribution in [0.25, 0.3) is 11.3 Å². The molecular formula is C18H19FN4O3S. The van der Waals surface area contributed by atoms with Crippen LogP contribution in [-0.4, -0.2) is 36.9 Å². The third-order valence-corrected chi connectivity index (χ3v) is 5.54. The van der Waals surface area contributed by atoms with Crippen molar-refractivity contribution < 1.29 is 17.6 Å². The molecule has 1 saturated heterocycles. The molecule has 1 amide bonds. The summed E-state index contributed by atoms with van der Waals surface area (Å²) >= 11 is 0. The monoisotopic (exact) mass is 390 g/mol. The van der Waals surface area contributed by atoms with Crippen molar-refractivity contribution in [2.24, 2.45) is 5.92 Å². The molecule has 0 radical (unpaired) electrons. The van der Waals surface area contributed by atoms with Crippen molar-refractivity contribution in [2.75, 3.05) is 11.4 Å². The van der Waals surface area contributed by atoms with Crippen LogP contribution in [0.5, 0.6) is 0 Å². The first-order valence-electron chi connectivity index (χ1n) is 8.31. The number of nitrogens with zero attached hydrogens (tertiary/aromatic N) is 3. The minimum absolute atomic E-state index is 0.162. The second-order valence-electron chi connectivity index (χ2n) is 6.45. The number of sulfonamides is 1. The summed E-state index contributed by atoms with van der Waals surface area (Å²) in [5, 5.41) is 0.636. The Morgan fingerprint density at radius 1 is 1.33 bits per heavy atom. The van der Waals surface area contributed by atoms with E-state index in [1.165, 1.54) is 18.3 Å². The Morgan fingerprint density at radius 2 is 2.00 bits per heavy atom. The summed E-state index contributed by atoms with van der Waals surface area (Å²) in [6.45, 7) is 8.10. The lowest BCUT2D eigenvalue weighted by atomic mass is 9.91. The number of rotatable bonds is 5. The molecule has 0 unspecified atom stereocenters. The van der Waals surface area contributed by atoms with Gasteiger partial charge in [-0.15, -0.1) is 0 Å². The molecule has 1 aromatic carbocycles. The Hall–Kier alpha value is -2.81. The molecule has 9 heteroatoms. The van der Waals surface area contributed by atoms with Crippen molar-refractivity contribution in [2.45, 2.75) is 19.9 Å². The fourth-order valence-corrected chi connectivity index (χ4v) is 3.25. The normalized spacial score (nSPS) is 19.3. The minimum atomic E-state index is -3.95. The minimum Gasteiger partial charge on any atom is -0.351 e. The molecule has 3 rings (SSSR count). The van der Waals surface area contributed by atoms with E-state index in [2.05, 4.69) is 30.4 Å². The average Bonchev–Trinajstić information content (AvgIpc) is 2.65. The molecule has 7 nitrogen and oxygen atoms in total. The number of benzene rings is 1. The Balaban J connectivity index is 2.04.